The van der Waals surface area contributed by atoms with Crippen molar-refractivity contribution in [3.05, 3.63) is 58.6 Å². The van der Waals surface area contributed by atoms with Crippen molar-refractivity contribution < 1.29 is 0 Å². The van der Waals surface area contributed by atoms with E-state index in [0.29, 0.717) is 5.56 Å². The van der Waals surface area contributed by atoms with Crippen molar-refractivity contribution in [3.8, 4) is 6.07 Å². The second-order valence-electron chi connectivity index (χ2n) is 5.08. The predicted molar refractivity (Wildman–Crippen MR) is 87.6 cm³/mol. The number of aryl methyl sites for hydroxylation is 1. The van der Waals surface area contributed by atoms with Crippen LogP contribution in [0, 0.1) is 18.3 Å². The van der Waals surface area contributed by atoms with Crippen LogP contribution in [0.5, 0.6) is 0 Å². The molecule has 0 fully saturated rings. The summed E-state index contributed by atoms with van der Waals surface area (Å²) in [5.74, 6) is 0. The first-order chi connectivity index (χ1) is 10.2. The van der Waals surface area contributed by atoms with Gasteiger partial charge in [-0.15, -0.1) is 11.3 Å². The van der Waals surface area contributed by atoms with Gasteiger partial charge in [0.2, 0.25) is 0 Å². The molecule has 3 aromatic rings. The van der Waals surface area contributed by atoms with E-state index in [-0.39, 0.29) is 6.04 Å². The highest BCUT2D eigenvalue weighted by Gasteiger charge is 2.09. The topological polar surface area (TPSA) is 48.7 Å². The minimum atomic E-state index is 0.136. The number of rotatable bonds is 3. The van der Waals surface area contributed by atoms with Gasteiger partial charge in [0.05, 0.1) is 27.9 Å². The van der Waals surface area contributed by atoms with E-state index in [1.165, 1.54) is 4.70 Å². The Morgan fingerprint density at radius 2 is 2.14 bits per heavy atom. The van der Waals surface area contributed by atoms with Gasteiger partial charge in [0.25, 0.3) is 0 Å². The minimum Gasteiger partial charge on any atom is -0.378 e. The van der Waals surface area contributed by atoms with Crippen LogP contribution in [0.15, 0.2) is 41.9 Å². The second-order valence-corrected chi connectivity index (χ2v) is 6.03. The van der Waals surface area contributed by atoms with E-state index < -0.39 is 0 Å². The molecule has 0 spiro atoms. The van der Waals surface area contributed by atoms with Gasteiger partial charge >= 0.3 is 0 Å². The van der Waals surface area contributed by atoms with Gasteiger partial charge in [0.1, 0.15) is 0 Å². The number of hydrogen-bond acceptors (Lipinski definition) is 4. The molecular formula is C17H15N3S. The third-order valence-corrected chi connectivity index (χ3v) is 4.42. The average molecular weight is 293 g/mol. The summed E-state index contributed by atoms with van der Waals surface area (Å²) < 4.78 is 1.20. The molecule has 0 radical (unpaired) electrons. The summed E-state index contributed by atoms with van der Waals surface area (Å²) >= 11 is 1.70. The zero-order valence-corrected chi connectivity index (χ0v) is 12.7. The predicted octanol–water partition coefficient (Wildman–Crippen LogP) is 4.65. The van der Waals surface area contributed by atoms with E-state index in [1.807, 2.05) is 37.4 Å². The Hall–Kier alpha value is -2.38. The summed E-state index contributed by atoms with van der Waals surface area (Å²) in [7, 11) is 0. The Morgan fingerprint density at radius 1 is 1.29 bits per heavy atom. The SMILES string of the molecule is Cc1ccc(C#N)cc1NC(C)c1cnc2ccsc2c1. The summed E-state index contributed by atoms with van der Waals surface area (Å²) in [5, 5.41) is 14.5. The fourth-order valence-corrected chi connectivity index (χ4v) is 3.05. The number of nitriles is 1. The molecule has 21 heavy (non-hydrogen) atoms. The molecule has 3 nitrogen and oxygen atoms in total. The normalized spacial score (nSPS) is 12.0. The maximum absolute atomic E-state index is 9.01. The summed E-state index contributed by atoms with van der Waals surface area (Å²) in [5.41, 5.74) is 4.98. The molecule has 1 aromatic carbocycles. The van der Waals surface area contributed by atoms with Crippen LogP contribution in [0.25, 0.3) is 10.2 Å². The molecule has 1 N–H and O–H groups in total. The fourth-order valence-electron chi connectivity index (χ4n) is 2.26. The summed E-state index contributed by atoms with van der Waals surface area (Å²) in [6.45, 7) is 4.14. The number of nitrogens with one attached hydrogen (secondary N) is 1. The van der Waals surface area contributed by atoms with Crippen molar-refractivity contribution >= 4 is 27.2 Å². The van der Waals surface area contributed by atoms with Gasteiger partial charge in [-0.3, -0.25) is 4.98 Å². The molecule has 0 saturated heterocycles. The van der Waals surface area contributed by atoms with Gasteiger partial charge in [-0.25, -0.2) is 0 Å². The van der Waals surface area contributed by atoms with Crippen LogP contribution < -0.4 is 5.32 Å². The summed E-state index contributed by atoms with van der Waals surface area (Å²) in [6, 6.07) is 12.2. The third kappa shape index (κ3) is 2.74. The average Bonchev–Trinajstić information content (AvgIpc) is 2.96. The lowest BCUT2D eigenvalue weighted by Gasteiger charge is -2.17. The lowest BCUT2D eigenvalue weighted by molar-refractivity contribution is 0.878. The monoisotopic (exact) mass is 293 g/mol. The van der Waals surface area contributed by atoms with Crippen LogP contribution in [-0.2, 0) is 0 Å². The maximum Gasteiger partial charge on any atom is 0.0992 e. The standard InChI is InChI=1S/C17H15N3S/c1-11-3-4-13(9-18)7-16(11)20-12(2)14-8-17-15(19-10-14)5-6-21-17/h3-8,10,12,20H,1-2H3. The van der Waals surface area contributed by atoms with Crippen LogP contribution in [0.1, 0.15) is 29.7 Å². The molecule has 2 heterocycles. The van der Waals surface area contributed by atoms with Crippen molar-refractivity contribution in [2.45, 2.75) is 19.9 Å². The molecular weight excluding hydrogens is 278 g/mol. The van der Waals surface area contributed by atoms with Gasteiger partial charge in [0.15, 0.2) is 0 Å². The second kappa shape index (κ2) is 5.55. The van der Waals surface area contributed by atoms with Crippen molar-refractivity contribution in [1.82, 2.24) is 4.98 Å². The Kier molecular flexibility index (Phi) is 3.59. The molecule has 4 heteroatoms. The van der Waals surface area contributed by atoms with E-state index in [0.717, 1.165) is 22.3 Å². The van der Waals surface area contributed by atoms with Gasteiger partial charge < -0.3 is 5.32 Å². The number of aromatic nitrogens is 1. The molecule has 0 bridgehead atoms. The summed E-state index contributed by atoms with van der Waals surface area (Å²) in [4.78, 5) is 4.48. The quantitative estimate of drug-likeness (QED) is 0.764. The molecule has 0 aliphatic heterocycles. The van der Waals surface area contributed by atoms with E-state index in [1.54, 1.807) is 11.3 Å². The number of pyridine rings is 1. The van der Waals surface area contributed by atoms with Crippen LogP contribution in [0.3, 0.4) is 0 Å². The zero-order chi connectivity index (χ0) is 14.8. The summed E-state index contributed by atoms with van der Waals surface area (Å²) in [6.07, 6.45) is 1.91. The Labute approximate surface area is 127 Å². The van der Waals surface area contributed by atoms with Crippen molar-refractivity contribution in [1.29, 1.82) is 5.26 Å². The minimum absolute atomic E-state index is 0.136. The number of hydrogen-bond donors (Lipinski definition) is 1. The van der Waals surface area contributed by atoms with Crippen molar-refractivity contribution in [2.24, 2.45) is 0 Å². The lowest BCUT2D eigenvalue weighted by atomic mass is 10.1. The first kappa shape index (κ1) is 13.6. The Balaban J connectivity index is 1.88. The zero-order valence-electron chi connectivity index (χ0n) is 11.9. The van der Waals surface area contributed by atoms with Gasteiger partial charge in [-0.05, 0) is 54.6 Å². The number of benzene rings is 1. The highest BCUT2D eigenvalue weighted by atomic mass is 32.1. The van der Waals surface area contributed by atoms with Crippen LogP contribution in [0.2, 0.25) is 0 Å². The van der Waals surface area contributed by atoms with Crippen LogP contribution >= 0.6 is 11.3 Å². The van der Waals surface area contributed by atoms with Crippen molar-refractivity contribution in [2.75, 3.05) is 5.32 Å². The third-order valence-electron chi connectivity index (χ3n) is 3.56. The Bertz CT molecular complexity index is 829. The van der Waals surface area contributed by atoms with Gasteiger partial charge in [-0.2, -0.15) is 5.26 Å². The largest absolute Gasteiger partial charge is 0.378 e. The smallest absolute Gasteiger partial charge is 0.0992 e. The van der Waals surface area contributed by atoms with E-state index >= 15 is 0 Å². The molecule has 2 aromatic heterocycles. The van der Waals surface area contributed by atoms with E-state index in [2.05, 4.69) is 34.7 Å². The fraction of sp³-hybridized carbons (Fsp3) is 0.176. The lowest BCUT2D eigenvalue weighted by Crippen LogP contribution is -2.08. The maximum atomic E-state index is 9.01. The first-order valence-corrected chi connectivity index (χ1v) is 7.66. The number of fused-ring (bicyclic) bond motifs is 1. The molecule has 0 aliphatic carbocycles. The number of anilines is 1. The molecule has 0 saturated carbocycles. The van der Waals surface area contributed by atoms with Crippen molar-refractivity contribution in [3.63, 3.8) is 0 Å². The Morgan fingerprint density at radius 3 is 2.95 bits per heavy atom. The van der Waals surface area contributed by atoms with Crippen LogP contribution in [0.4, 0.5) is 5.69 Å². The molecule has 3 rings (SSSR count). The number of thiophene rings is 1. The van der Waals surface area contributed by atoms with E-state index in [4.69, 9.17) is 5.26 Å². The molecule has 1 atom stereocenters. The first-order valence-electron chi connectivity index (χ1n) is 6.78. The van der Waals surface area contributed by atoms with E-state index in [9.17, 15) is 0 Å². The molecule has 0 amide bonds. The van der Waals surface area contributed by atoms with Gasteiger partial charge in [0, 0.05) is 11.9 Å². The molecule has 1 unspecified atom stereocenters. The highest BCUT2D eigenvalue weighted by molar-refractivity contribution is 7.17. The highest BCUT2D eigenvalue weighted by Crippen LogP contribution is 2.26. The molecule has 0 aliphatic rings. The van der Waals surface area contributed by atoms with Crippen LogP contribution in [-0.4, -0.2) is 4.98 Å². The van der Waals surface area contributed by atoms with Gasteiger partial charge in [-0.1, -0.05) is 6.07 Å². The number of nitrogens with zero attached hydrogens (tertiary/aromatic N) is 2. The molecule has 104 valence electrons.